The Morgan fingerprint density at radius 1 is 1.33 bits per heavy atom. The highest BCUT2D eigenvalue weighted by Crippen LogP contribution is 2.36. The number of nitrogens with zero attached hydrogens (tertiary/aromatic N) is 2. The molecular formula is C13H20N2O2S. The van der Waals surface area contributed by atoms with Gasteiger partial charge in [0, 0.05) is 12.7 Å². The molecule has 1 atom stereocenters. The van der Waals surface area contributed by atoms with Gasteiger partial charge in [0.1, 0.15) is 0 Å². The third-order valence-electron chi connectivity index (χ3n) is 3.32. The average molecular weight is 268 g/mol. The molecule has 0 saturated carbocycles. The molecule has 100 valence electrons. The Balaban J connectivity index is 2.35. The molecule has 5 heteroatoms. The SMILES string of the molecule is CC(C)(C)S(=O)(=O)N1CCC[C@@H]1c1ccccn1. The topological polar surface area (TPSA) is 50.3 Å². The molecule has 0 N–H and O–H groups in total. The van der Waals surface area contributed by atoms with E-state index in [2.05, 4.69) is 4.98 Å². The molecular weight excluding hydrogens is 248 g/mol. The second-order valence-electron chi connectivity index (χ2n) is 5.64. The second-order valence-corrected chi connectivity index (χ2v) is 8.28. The van der Waals surface area contributed by atoms with Crippen LogP contribution in [0.15, 0.2) is 24.4 Å². The number of aromatic nitrogens is 1. The normalized spacial score (nSPS) is 22.3. The molecule has 18 heavy (non-hydrogen) atoms. The van der Waals surface area contributed by atoms with Crippen LogP contribution in [0.2, 0.25) is 0 Å². The van der Waals surface area contributed by atoms with Crippen molar-refractivity contribution in [2.24, 2.45) is 0 Å². The Bertz CT molecular complexity index is 506. The fourth-order valence-corrected chi connectivity index (χ4v) is 3.87. The minimum atomic E-state index is -3.28. The molecule has 2 heterocycles. The maximum atomic E-state index is 12.5. The minimum Gasteiger partial charge on any atom is -0.260 e. The highest BCUT2D eigenvalue weighted by molar-refractivity contribution is 7.90. The van der Waals surface area contributed by atoms with Gasteiger partial charge in [-0.15, -0.1) is 0 Å². The van der Waals surface area contributed by atoms with Crippen molar-refractivity contribution in [1.29, 1.82) is 0 Å². The summed E-state index contributed by atoms with van der Waals surface area (Å²) < 4.78 is 25.9. The van der Waals surface area contributed by atoms with E-state index in [1.54, 1.807) is 31.3 Å². The lowest BCUT2D eigenvalue weighted by molar-refractivity contribution is 0.375. The first kappa shape index (κ1) is 13.5. The van der Waals surface area contributed by atoms with Crippen molar-refractivity contribution in [3.8, 4) is 0 Å². The molecule has 0 unspecified atom stereocenters. The zero-order chi connectivity index (χ0) is 13.4. The van der Waals surface area contributed by atoms with E-state index in [1.165, 1.54) is 0 Å². The molecule has 0 spiro atoms. The lowest BCUT2D eigenvalue weighted by atomic mass is 10.1. The molecule has 4 nitrogen and oxygen atoms in total. The third kappa shape index (κ3) is 2.29. The molecule has 0 amide bonds. The monoisotopic (exact) mass is 268 g/mol. The lowest BCUT2D eigenvalue weighted by Gasteiger charge is -2.30. The summed E-state index contributed by atoms with van der Waals surface area (Å²) in [5, 5.41) is 0. The largest absolute Gasteiger partial charge is 0.260 e. The molecule has 1 aliphatic heterocycles. The summed E-state index contributed by atoms with van der Waals surface area (Å²) in [6, 6.07) is 5.56. The first-order valence-corrected chi connectivity index (χ1v) is 7.70. The summed E-state index contributed by atoms with van der Waals surface area (Å²) in [4.78, 5) is 4.30. The van der Waals surface area contributed by atoms with E-state index >= 15 is 0 Å². The summed E-state index contributed by atoms with van der Waals surface area (Å²) in [7, 11) is -3.28. The Kier molecular flexibility index (Phi) is 3.47. The summed E-state index contributed by atoms with van der Waals surface area (Å²) in [6.07, 6.45) is 3.47. The van der Waals surface area contributed by atoms with Gasteiger partial charge in [0.05, 0.1) is 16.5 Å². The van der Waals surface area contributed by atoms with E-state index in [0.717, 1.165) is 18.5 Å². The fourth-order valence-electron chi connectivity index (χ4n) is 2.25. The highest BCUT2D eigenvalue weighted by atomic mass is 32.2. The Morgan fingerprint density at radius 3 is 2.61 bits per heavy atom. The standard InChI is InChI=1S/C13H20N2O2S/c1-13(2,3)18(16,17)15-10-6-8-12(15)11-7-4-5-9-14-11/h4-5,7,9,12H,6,8,10H2,1-3H3/t12-/m1/s1. The van der Waals surface area contributed by atoms with Crippen molar-refractivity contribution < 1.29 is 8.42 Å². The Hall–Kier alpha value is -0.940. The van der Waals surface area contributed by atoms with Crippen molar-refractivity contribution in [3.63, 3.8) is 0 Å². The minimum absolute atomic E-state index is 0.101. The van der Waals surface area contributed by atoms with Crippen molar-refractivity contribution in [2.75, 3.05) is 6.54 Å². The van der Waals surface area contributed by atoms with Gasteiger partial charge in [-0.1, -0.05) is 6.07 Å². The van der Waals surface area contributed by atoms with Gasteiger partial charge in [-0.3, -0.25) is 4.98 Å². The van der Waals surface area contributed by atoms with Crippen LogP contribution in [0.5, 0.6) is 0 Å². The Morgan fingerprint density at radius 2 is 2.06 bits per heavy atom. The molecule has 0 bridgehead atoms. The summed E-state index contributed by atoms with van der Waals surface area (Å²) in [5.41, 5.74) is 0.850. The molecule has 0 radical (unpaired) electrons. The van der Waals surface area contributed by atoms with E-state index in [-0.39, 0.29) is 6.04 Å². The number of pyridine rings is 1. The number of hydrogen-bond donors (Lipinski definition) is 0. The predicted molar refractivity (Wildman–Crippen MR) is 71.6 cm³/mol. The van der Waals surface area contributed by atoms with E-state index in [4.69, 9.17) is 0 Å². The number of rotatable bonds is 2. The van der Waals surface area contributed by atoms with Gasteiger partial charge in [0.15, 0.2) is 0 Å². The van der Waals surface area contributed by atoms with Gasteiger partial charge < -0.3 is 0 Å². The van der Waals surface area contributed by atoms with Crippen molar-refractivity contribution >= 4 is 10.0 Å². The highest BCUT2D eigenvalue weighted by Gasteiger charge is 2.42. The summed E-state index contributed by atoms with van der Waals surface area (Å²) in [5.74, 6) is 0. The van der Waals surface area contributed by atoms with Crippen molar-refractivity contribution in [3.05, 3.63) is 30.1 Å². The van der Waals surface area contributed by atoms with Crippen LogP contribution in [0.1, 0.15) is 45.3 Å². The van der Waals surface area contributed by atoms with E-state index in [0.29, 0.717) is 6.54 Å². The number of sulfonamides is 1. The molecule has 1 saturated heterocycles. The molecule has 0 aliphatic carbocycles. The molecule has 1 fully saturated rings. The van der Waals surface area contributed by atoms with E-state index in [9.17, 15) is 8.42 Å². The summed E-state index contributed by atoms with van der Waals surface area (Å²) in [6.45, 7) is 5.84. The maximum Gasteiger partial charge on any atom is 0.219 e. The fraction of sp³-hybridized carbons (Fsp3) is 0.615. The van der Waals surface area contributed by atoms with Crippen LogP contribution >= 0.6 is 0 Å². The van der Waals surface area contributed by atoms with Crippen LogP contribution in [0.4, 0.5) is 0 Å². The van der Waals surface area contributed by atoms with Crippen LogP contribution in [0.25, 0.3) is 0 Å². The lowest BCUT2D eigenvalue weighted by Crippen LogP contribution is -2.42. The Labute approximate surface area is 109 Å². The van der Waals surface area contributed by atoms with Crippen LogP contribution < -0.4 is 0 Å². The van der Waals surface area contributed by atoms with Gasteiger partial charge in [-0.2, -0.15) is 4.31 Å². The van der Waals surface area contributed by atoms with Crippen molar-refractivity contribution in [1.82, 2.24) is 9.29 Å². The van der Waals surface area contributed by atoms with Gasteiger partial charge in [0.25, 0.3) is 0 Å². The van der Waals surface area contributed by atoms with E-state index < -0.39 is 14.8 Å². The average Bonchev–Trinajstić information content (AvgIpc) is 2.78. The molecule has 1 aromatic heterocycles. The smallest absolute Gasteiger partial charge is 0.219 e. The van der Waals surface area contributed by atoms with Crippen LogP contribution in [0.3, 0.4) is 0 Å². The first-order chi connectivity index (χ1) is 8.34. The summed E-state index contributed by atoms with van der Waals surface area (Å²) >= 11 is 0. The molecule has 1 aliphatic rings. The third-order valence-corrected chi connectivity index (χ3v) is 5.92. The zero-order valence-corrected chi connectivity index (χ0v) is 11.9. The van der Waals surface area contributed by atoms with Crippen LogP contribution in [-0.4, -0.2) is 29.0 Å². The first-order valence-electron chi connectivity index (χ1n) is 6.26. The van der Waals surface area contributed by atoms with Gasteiger partial charge in [-0.25, -0.2) is 8.42 Å². The van der Waals surface area contributed by atoms with Crippen molar-refractivity contribution in [2.45, 2.75) is 44.4 Å². The second kappa shape index (κ2) is 4.63. The van der Waals surface area contributed by atoms with Crippen LogP contribution in [0, 0.1) is 0 Å². The number of hydrogen-bond acceptors (Lipinski definition) is 3. The van der Waals surface area contributed by atoms with Gasteiger partial charge in [-0.05, 0) is 45.7 Å². The molecule has 2 rings (SSSR count). The molecule has 0 aromatic carbocycles. The quantitative estimate of drug-likeness (QED) is 0.827. The zero-order valence-electron chi connectivity index (χ0n) is 11.1. The van der Waals surface area contributed by atoms with Crippen LogP contribution in [-0.2, 0) is 10.0 Å². The van der Waals surface area contributed by atoms with Gasteiger partial charge in [0.2, 0.25) is 10.0 Å². The van der Waals surface area contributed by atoms with Gasteiger partial charge >= 0.3 is 0 Å². The molecule has 1 aromatic rings. The maximum absolute atomic E-state index is 12.5. The van der Waals surface area contributed by atoms with E-state index in [1.807, 2.05) is 18.2 Å². The predicted octanol–water partition coefficient (Wildman–Crippen LogP) is 2.35.